The molecule has 0 unspecified atom stereocenters. The van der Waals surface area contributed by atoms with E-state index in [0.717, 1.165) is 4.57 Å². The van der Waals surface area contributed by atoms with E-state index in [4.69, 9.17) is 5.73 Å². The highest BCUT2D eigenvalue weighted by Crippen LogP contribution is 2.28. The first-order valence-corrected chi connectivity index (χ1v) is 7.85. The summed E-state index contributed by atoms with van der Waals surface area (Å²) in [5, 5.41) is 0. The molecule has 0 spiro atoms. The number of aromatic nitrogens is 3. The number of H-pyrrole nitrogens is 1. The minimum absolute atomic E-state index is 0.0371. The second-order valence-corrected chi connectivity index (χ2v) is 6.33. The van der Waals surface area contributed by atoms with Gasteiger partial charge in [-0.15, -0.1) is 0 Å². The van der Waals surface area contributed by atoms with Crippen molar-refractivity contribution in [1.29, 1.82) is 0 Å². The van der Waals surface area contributed by atoms with Crippen molar-refractivity contribution < 1.29 is 18.0 Å². The van der Waals surface area contributed by atoms with Gasteiger partial charge in [0.15, 0.2) is 5.78 Å². The molecule has 27 heavy (non-hydrogen) atoms. The smallest absolute Gasteiger partial charge is 0.384 e. The van der Waals surface area contributed by atoms with Crippen LogP contribution in [0.3, 0.4) is 0 Å². The number of carbonyl (C=O) groups is 1. The summed E-state index contributed by atoms with van der Waals surface area (Å²) in [7, 11) is 0. The molecule has 2 aromatic rings. The summed E-state index contributed by atoms with van der Waals surface area (Å²) in [6.07, 6.45) is -4.23. The van der Waals surface area contributed by atoms with Gasteiger partial charge in [0.25, 0.3) is 11.1 Å². The monoisotopic (exact) mass is 386 g/mol. The number of rotatable bonds is 5. The predicted octanol–water partition coefficient (Wildman–Crippen LogP) is 0.838. The minimum Gasteiger partial charge on any atom is -0.384 e. The number of nitrogens with zero attached hydrogens (tertiary/aromatic N) is 2. The Morgan fingerprint density at radius 2 is 1.85 bits per heavy atom. The molecule has 0 amide bonds. The van der Waals surface area contributed by atoms with E-state index in [-0.39, 0.29) is 12.5 Å². The molecule has 0 aliphatic heterocycles. The molecule has 0 radical (unpaired) electrons. The van der Waals surface area contributed by atoms with Crippen LogP contribution in [-0.4, -0.2) is 19.9 Å². The van der Waals surface area contributed by atoms with Gasteiger partial charge in [0.2, 0.25) is 0 Å². The van der Waals surface area contributed by atoms with Gasteiger partial charge in [-0.1, -0.05) is 13.8 Å². The van der Waals surface area contributed by atoms with Crippen LogP contribution in [0, 0.1) is 5.92 Å². The topological polar surface area (TPSA) is 120 Å². The number of hydrogen-bond donors (Lipinski definition) is 2. The largest absolute Gasteiger partial charge is 0.417 e. The molecule has 0 aliphatic carbocycles. The highest BCUT2D eigenvalue weighted by Gasteiger charge is 2.31. The van der Waals surface area contributed by atoms with E-state index in [1.54, 1.807) is 13.8 Å². The lowest BCUT2D eigenvalue weighted by Crippen LogP contribution is -2.38. The number of Topliss-reactive ketones (excluding diaryl/α,β-unsaturated/α-hetero) is 1. The third-order valence-electron chi connectivity index (χ3n) is 3.69. The molecule has 0 fully saturated rings. The first-order chi connectivity index (χ1) is 12.4. The quantitative estimate of drug-likeness (QED) is 0.738. The highest BCUT2D eigenvalue weighted by atomic mass is 19.4. The number of nitrogens with one attached hydrogen (secondary N) is 1. The maximum Gasteiger partial charge on any atom is 0.417 e. The zero-order valence-corrected chi connectivity index (χ0v) is 14.5. The van der Waals surface area contributed by atoms with E-state index < -0.39 is 52.3 Å². The molecule has 3 N–H and O–H groups in total. The molecule has 8 nitrogen and oxygen atoms in total. The standard InChI is InChI=1S/C16H17F3N4O4/c1-8(2)5-23-13(20)12(14(26)21-15(23)27)10(24)7-22-6-9(16(17,18)19)3-4-11(22)25/h3-4,6,8H,5,7,20H2,1-2H3,(H,21,26,27). The normalized spacial score (nSPS) is 11.8. The highest BCUT2D eigenvalue weighted by molar-refractivity contribution is 5.99. The van der Waals surface area contributed by atoms with Crippen LogP contribution in [0.1, 0.15) is 29.8 Å². The van der Waals surface area contributed by atoms with Gasteiger partial charge in [0.1, 0.15) is 11.4 Å². The lowest BCUT2D eigenvalue weighted by Gasteiger charge is -2.14. The average molecular weight is 386 g/mol. The zero-order valence-electron chi connectivity index (χ0n) is 14.5. The van der Waals surface area contributed by atoms with Gasteiger partial charge in [-0.3, -0.25) is 23.9 Å². The van der Waals surface area contributed by atoms with E-state index in [1.165, 1.54) is 0 Å². The number of ketones is 1. The summed E-state index contributed by atoms with van der Waals surface area (Å²) < 4.78 is 39.9. The van der Waals surface area contributed by atoms with Crippen LogP contribution < -0.4 is 22.5 Å². The van der Waals surface area contributed by atoms with E-state index in [0.29, 0.717) is 22.9 Å². The van der Waals surface area contributed by atoms with E-state index in [2.05, 4.69) is 0 Å². The number of aromatic amines is 1. The Morgan fingerprint density at radius 1 is 1.22 bits per heavy atom. The Morgan fingerprint density at radius 3 is 2.41 bits per heavy atom. The number of carbonyl (C=O) groups excluding carboxylic acids is 1. The molecule has 0 saturated heterocycles. The summed E-state index contributed by atoms with van der Waals surface area (Å²) in [4.78, 5) is 50.1. The van der Waals surface area contributed by atoms with Crippen LogP contribution in [0.25, 0.3) is 0 Å². The molecule has 2 rings (SSSR count). The second-order valence-electron chi connectivity index (χ2n) is 6.33. The Bertz CT molecular complexity index is 1050. The molecule has 2 heterocycles. The van der Waals surface area contributed by atoms with Crippen molar-refractivity contribution in [3.8, 4) is 0 Å². The Kier molecular flexibility index (Phi) is 5.43. The summed E-state index contributed by atoms with van der Waals surface area (Å²) in [5.74, 6) is -1.43. The number of nitrogens with two attached hydrogens (primary N) is 1. The number of halogens is 3. The number of pyridine rings is 1. The molecule has 0 aromatic carbocycles. The summed E-state index contributed by atoms with van der Waals surface area (Å²) in [6, 6.07) is 1.26. The van der Waals surface area contributed by atoms with E-state index in [1.807, 2.05) is 4.98 Å². The molecule has 0 saturated carbocycles. The van der Waals surface area contributed by atoms with Crippen LogP contribution in [0.2, 0.25) is 0 Å². The molecule has 146 valence electrons. The first kappa shape index (κ1) is 20.2. The first-order valence-electron chi connectivity index (χ1n) is 7.85. The lowest BCUT2D eigenvalue weighted by molar-refractivity contribution is -0.138. The van der Waals surface area contributed by atoms with Gasteiger partial charge in [0, 0.05) is 18.8 Å². The van der Waals surface area contributed by atoms with Crippen LogP contribution in [0.4, 0.5) is 19.0 Å². The molecular formula is C16H17F3N4O4. The molecule has 0 aliphatic rings. The average Bonchev–Trinajstić information content (AvgIpc) is 2.52. The van der Waals surface area contributed by atoms with Crippen molar-refractivity contribution in [2.45, 2.75) is 33.1 Å². The summed E-state index contributed by atoms with van der Waals surface area (Å²) in [5.41, 5.74) is 1.34. The Balaban J connectivity index is 2.50. The Labute approximate surface area is 150 Å². The van der Waals surface area contributed by atoms with Gasteiger partial charge >= 0.3 is 11.9 Å². The zero-order chi connectivity index (χ0) is 20.5. The fourth-order valence-corrected chi connectivity index (χ4v) is 2.46. The van der Waals surface area contributed by atoms with Crippen molar-refractivity contribution in [1.82, 2.24) is 14.1 Å². The maximum atomic E-state index is 12.8. The Hall–Kier alpha value is -3.11. The van der Waals surface area contributed by atoms with E-state index >= 15 is 0 Å². The second kappa shape index (κ2) is 7.25. The van der Waals surface area contributed by atoms with Crippen LogP contribution >= 0.6 is 0 Å². The van der Waals surface area contributed by atoms with Crippen molar-refractivity contribution >= 4 is 11.6 Å². The minimum atomic E-state index is -4.71. The van der Waals surface area contributed by atoms with Crippen molar-refractivity contribution in [2.75, 3.05) is 5.73 Å². The SMILES string of the molecule is CC(C)Cn1c(N)c(C(=O)Cn2cc(C(F)(F)F)ccc2=O)c(=O)[nH]c1=O. The lowest BCUT2D eigenvalue weighted by atomic mass is 10.1. The molecule has 2 aromatic heterocycles. The number of hydrogen-bond acceptors (Lipinski definition) is 5. The van der Waals surface area contributed by atoms with Gasteiger partial charge in [-0.2, -0.15) is 13.2 Å². The van der Waals surface area contributed by atoms with Crippen LogP contribution in [0.5, 0.6) is 0 Å². The van der Waals surface area contributed by atoms with Crippen molar-refractivity contribution in [3.63, 3.8) is 0 Å². The van der Waals surface area contributed by atoms with Gasteiger partial charge in [0.05, 0.1) is 12.1 Å². The summed E-state index contributed by atoms with van der Waals surface area (Å²) >= 11 is 0. The van der Waals surface area contributed by atoms with Gasteiger partial charge < -0.3 is 10.3 Å². The molecule has 11 heteroatoms. The fourth-order valence-electron chi connectivity index (χ4n) is 2.46. The molecule has 0 bridgehead atoms. The van der Waals surface area contributed by atoms with Crippen molar-refractivity contribution in [2.24, 2.45) is 5.92 Å². The molecular weight excluding hydrogens is 369 g/mol. The summed E-state index contributed by atoms with van der Waals surface area (Å²) in [6.45, 7) is 2.84. The van der Waals surface area contributed by atoms with Crippen LogP contribution in [-0.2, 0) is 19.3 Å². The predicted molar refractivity (Wildman–Crippen MR) is 90.6 cm³/mol. The van der Waals surface area contributed by atoms with Crippen molar-refractivity contribution in [3.05, 3.63) is 60.6 Å². The van der Waals surface area contributed by atoms with Gasteiger partial charge in [-0.25, -0.2) is 4.79 Å². The maximum absolute atomic E-state index is 12.8. The van der Waals surface area contributed by atoms with Gasteiger partial charge in [-0.05, 0) is 12.0 Å². The number of anilines is 1. The molecule has 0 atom stereocenters. The van der Waals surface area contributed by atoms with Crippen LogP contribution in [0.15, 0.2) is 32.7 Å². The fraction of sp³-hybridized carbons (Fsp3) is 0.375. The number of nitrogen functional groups attached to an aromatic ring is 1. The number of alkyl halides is 3. The van der Waals surface area contributed by atoms with E-state index in [9.17, 15) is 32.3 Å². The third-order valence-corrected chi connectivity index (χ3v) is 3.69. The third kappa shape index (κ3) is 4.36.